The molecule has 2 rings (SSSR count). The van der Waals surface area contributed by atoms with Crippen LogP contribution in [0, 0.1) is 6.92 Å². The summed E-state index contributed by atoms with van der Waals surface area (Å²) in [6.45, 7) is 3.93. The van der Waals surface area contributed by atoms with Crippen LogP contribution >= 0.6 is 11.6 Å². The number of hydrogen-bond donors (Lipinski definition) is 1. The van der Waals surface area contributed by atoms with E-state index in [1.165, 1.54) is 14.0 Å². The summed E-state index contributed by atoms with van der Waals surface area (Å²) < 4.78 is 10.5. The smallest absolute Gasteiger partial charge is 0.226 e. The zero-order valence-corrected chi connectivity index (χ0v) is 15.2. The molecule has 1 heterocycles. The second kappa shape index (κ2) is 8.58. The third-order valence-electron chi connectivity index (χ3n) is 3.74. The summed E-state index contributed by atoms with van der Waals surface area (Å²) >= 11 is 6.06. The number of rotatable bonds is 7. The number of halogens is 1. The van der Waals surface area contributed by atoms with Crippen molar-refractivity contribution in [2.45, 2.75) is 26.8 Å². The lowest BCUT2D eigenvalue weighted by molar-refractivity contribution is -0.130. The minimum atomic E-state index is -0.217. The van der Waals surface area contributed by atoms with Gasteiger partial charge in [0.1, 0.15) is 11.5 Å². The number of ether oxygens (including phenoxy) is 1. The number of methoxy groups -OCH3 is 1. The number of nitrogens with zero attached hydrogens (tertiary/aromatic N) is 1. The molecule has 0 unspecified atom stereocenters. The summed E-state index contributed by atoms with van der Waals surface area (Å²) in [5.74, 6) is 0.823. The molecular weight excluding hydrogens is 344 g/mol. The summed E-state index contributed by atoms with van der Waals surface area (Å²) in [6.07, 6.45) is 1.71. The molecule has 25 heavy (non-hydrogen) atoms. The van der Waals surface area contributed by atoms with E-state index in [0.29, 0.717) is 28.8 Å². The van der Waals surface area contributed by atoms with Crippen molar-refractivity contribution in [3.05, 3.63) is 46.9 Å². The molecule has 1 aromatic heterocycles. The van der Waals surface area contributed by atoms with E-state index >= 15 is 0 Å². The summed E-state index contributed by atoms with van der Waals surface area (Å²) in [6, 6.07) is 6.96. The fourth-order valence-electron chi connectivity index (χ4n) is 2.32. The molecule has 0 saturated heterocycles. The predicted molar refractivity (Wildman–Crippen MR) is 95.8 cm³/mol. The Kier molecular flexibility index (Phi) is 6.47. The molecule has 0 aliphatic rings. The minimum Gasteiger partial charge on any atom is -0.495 e. The van der Waals surface area contributed by atoms with E-state index in [4.69, 9.17) is 20.8 Å². The number of carbonyl (C=O) groups is 2. The number of anilines is 1. The molecule has 7 heteroatoms. The van der Waals surface area contributed by atoms with Gasteiger partial charge in [-0.2, -0.15) is 0 Å². The SMILES string of the molecule is COc1cc(Cl)c(C)cc1NC(=O)CCN(Cc1ccco1)C(C)=O. The standard InChI is InChI=1S/C18H21ClN2O4/c1-12-9-16(17(24-3)10-15(12)19)20-18(23)6-7-21(13(2)22)11-14-5-4-8-25-14/h4-5,8-10H,6-7,11H2,1-3H3,(H,20,23). The third-order valence-corrected chi connectivity index (χ3v) is 4.14. The van der Waals surface area contributed by atoms with Crippen LogP contribution in [0.1, 0.15) is 24.7 Å². The van der Waals surface area contributed by atoms with Gasteiger partial charge in [-0.25, -0.2) is 0 Å². The second-order valence-corrected chi connectivity index (χ2v) is 6.03. The van der Waals surface area contributed by atoms with Crippen LogP contribution in [-0.2, 0) is 16.1 Å². The van der Waals surface area contributed by atoms with Gasteiger partial charge >= 0.3 is 0 Å². The van der Waals surface area contributed by atoms with Gasteiger partial charge in [-0.05, 0) is 30.7 Å². The number of benzene rings is 1. The van der Waals surface area contributed by atoms with Gasteiger partial charge in [-0.15, -0.1) is 0 Å². The Hall–Kier alpha value is -2.47. The Labute approximate surface area is 151 Å². The van der Waals surface area contributed by atoms with Crippen molar-refractivity contribution in [3.8, 4) is 5.75 Å². The van der Waals surface area contributed by atoms with Crippen LogP contribution in [-0.4, -0.2) is 30.4 Å². The fourth-order valence-corrected chi connectivity index (χ4v) is 2.47. The first-order valence-electron chi connectivity index (χ1n) is 7.82. The summed E-state index contributed by atoms with van der Waals surface area (Å²) in [5.41, 5.74) is 1.38. The first-order chi connectivity index (χ1) is 11.9. The molecular formula is C18H21ClN2O4. The summed E-state index contributed by atoms with van der Waals surface area (Å²) in [5, 5.41) is 3.36. The van der Waals surface area contributed by atoms with Gasteiger partial charge in [0.2, 0.25) is 11.8 Å². The largest absolute Gasteiger partial charge is 0.495 e. The maximum absolute atomic E-state index is 12.2. The Balaban J connectivity index is 1.97. The van der Waals surface area contributed by atoms with Crippen molar-refractivity contribution < 1.29 is 18.7 Å². The lowest BCUT2D eigenvalue weighted by Crippen LogP contribution is -2.31. The van der Waals surface area contributed by atoms with Crippen LogP contribution in [0.3, 0.4) is 0 Å². The second-order valence-electron chi connectivity index (χ2n) is 5.62. The Bertz CT molecular complexity index is 744. The Morgan fingerprint density at radius 1 is 1.36 bits per heavy atom. The highest BCUT2D eigenvalue weighted by Gasteiger charge is 2.15. The van der Waals surface area contributed by atoms with Crippen molar-refractivity contribution in [3.63, 3.8) is 0 Å². The maximum atomic E-state index is 12.2. The van der Waals surface area contributed by atoms with Crippen molar-refractivity contribution in [1.29, 1.82) is 0 Å². The van der Waals surface area contributed by atoms with Crippen LogP contribution in [0.15, 0.2) is 34.9 Å². The zero-order valence-electron chi connectivity index (χ0n) is 14.5. The maximum Gasteiger partial charge on any atom is 0.226 e. The average Bonchev–Trinajstić information content (AvgIpc) is 3.07. The fraction of sp³-hybridized carbons (Fsp3) is 0.333. The van der Waals surface area contributed by atoms with Crippen molar-refractivity contribution >= 4 is 29.1 Å². The van der Waals surface area contributed by atoms with Crippen LogP contribution in [0.5, 0.6) is 5.75 Å². The minimum absolute atomic E-state index is 0.121. The molecule has 2 amide bonds. The molecule has 0 saturated carbocycles. The van der Waals surface area contributed by atoms with Crippen LogP contribution in [0.2, 0.25) is 5.02 Å². The highest BCUT2D eigenvalue weighted by atomic mass is 35.5. The van der Waals surface area contributed by atoms with E-state index in [1.54, 1.807) is 35.4 Å². The topological polar surface area (TPSA) is 71.8 Å². The first kappa shape index (κ1) is 18.9. The van der Waals surface area contributed by atoms with E-state index in [1.807, 2.05) is 6.92 Å². The zero-order chi connectivity index (χ0) is 18.4. The number of furan rings is 1. The van der Waals surface area contributed by atoms with Gasteiger partial charge in [-0.1, -0.05) is 11.6 Å². The number of aryl methyl sites for hydroxylation is 1. The number of nitrogens with one attached hydrogen (secondary N) is 1. The Morgan fingerprint density at radius 3 is 2.72 bits per heavy atom. The monoisotopic (exact) mass is 364 g/mol. The normalized spacial score (nSPS) is 10.4. The highest BCUT2D eigenvalue weighted by molar-refractivity contribution is 6.31. The molecule has 0 bridgehead atoms. The molecule has 1 N–H and O–H groups in total. The molecule has 6 nitrogen and oxygen atoms in total. The van der Waals surface area contributed by atoms with Gasteiger partial charge in [0.25, 0.3) is 0 Å². The van der Waals surface area contributed by atoms with Gasteiger partial charge < -0.3 is 19.4 Å². The van der Waals surface area contributed by atoms with E-state index in [0.717, 1.165) is 5.56 Å². The van der Waals surface area contributed by atoms with Crippen molar-refractivity contribution in [1.82, 2.24) is 4.90 Å². The van der Waals surface area contributed by atoms with Gasteiger partial charge in [0.05, 0.1) is 25.6 Å². The van der Waals surface area contributed by atoms with Crippen LogP contribution in [0.25, 0.3) is 0 Å². The average molecular weight is 365 g/mol. The number of carbonyl (C=O) groups excluding carboxylic acids is 2. The summed E-state index contributed by atoms with van der Waals surface area (Å²) in [4.78, 5) is 25.5. The van der Waals surface area contributed by atoms with E-state index in [9.17, 15) is 9.59 Å². The molecule has 0 aliphatic heterocycles. The van der Waals surface area contributed by atoms with Crippen LogP contribution in [0.4, 0.5) is 5.69 Å². The van der Waals surface area contributed by atoms with Crippen molar-refractivity contribution in [2.24, 2.45) is 0 Å². The van der Waals surface area contributed by atoms with E-state index < -0.39 is 0 Å². The number of hydrogen-bond acceptors (Lipinski definition) is 4. The number of amides is 2. The first-order valence-corrected chi connectivity index (χ1v) is 8.20. The van der Waals surface area contributed by atoms with E-state index in [2.05, 4.69) is 5.32 Å². The molecule has 0 atom stereocenters. The van der Waals surface area contributed by atoms with Gasteiger partial charge in [0.15, 0.2) is 0 Å². The van der Waals surface area contributed by atoms with Crippen LogP contribution < -0.4 is 10.1 Å². The molecule has 0 spiro atoms. The predicted octanol–water partition coefficient (Wildman–Crippen LogP) is 3.63. The molecule has 1 aromatic carbocycles. The molecule has 2 aromatic rings. The molecule has 0 radical (unpaired) electrons. The van der Waals surface area contributed by atoms with Crippen molar-refractivity contribution in [2.75, 3.05) is 19.0 Å². The lowest BCUT2D eigenvalue weighted by atomic mass is 10.2. The molecule has 0 fully saturated rings. The Morgan fingerprint density at radius 2 is 2.12 bits per heavy atom. The van der Waals surface area contributed by atoms with Gasteiger partial charge in [-0.3, -0.25) is 9.59 Å². The molecule has 134 valence electrons. The lowest BCUT2D eigenvalue weighted by Gasteiger charge is -2.20. The summed E-state index contributed by atoms with van der Waals surface area (Å²) in [7, 11) is 1.51. The highest BCUT2D eigenvalue weighted by Crippen LogP contribution is 2.31. The van der Waals surface area contributed by atoms with E-state index in [-0.39, 0.29) is 24.8 Å². The molecule has 0 aliphatic carbocycles. The quantitative estimate of drug-likeness (QED) is 0.814. The third kappa shape index (κ3) is 5.26. The van der Waals surface area contributed by atoms with Gasteiger partial charge in [0, 0.05) is 31.0 Å².